The van der Waals surface area contributed by atoms with Gasteiger partial charge in [0, 0.05) is 50.0 Å². The van der Waals surface area contributed by atoms with Crippen LogP contribution in [-0.4, -0.2) is 91.6 Å². The highest BCUT2D eigenvalue weighted by molar-refractivity contribution is 7.91. The molecule has 0 saturated heterocycles. The molecule has 1 N–H and O–H groups in total. The maximum absolute atomic E-state index is 13.0. The third-order valence-electron chi connectivity index (χ3n) is 8.29. The maximum Gasteiger partial charge on any atom is 0.417 e. The summed E-state index contributed by atoms with van der Waals surface area (Å²) < 4.78 is 131. The normalized spacial score (nSPS) is 12.8. The average molecular weight is 855 g/mol. The van der Waals surface area contributed by atoms with Gasteiger partial charge in [0.25, 0.3) is 0 Å². The number of pyridine rings is 4. The standard InChI is InChI=1S/C18H18F3N5O3S.C16H14F3N5O3S/c1-4-29-24-9-11-6-14(30(27,28)5-2)15(22-8-11)17-25-13-7-12(18(19,20)21)10-23-16(13)26(17)3;1-3-28(26,27)12-4-9(7-22-25)6-20-13(12)15-23-11-5-10(16(17,18)19)8-21-14(11)24(15)2/h6-10H,4-5H2,1-3H3;4-8,25H,3H2,1-2H3. The van der Waals surface area contributed by atoms with Crippen molar-refractivity contribution in [3.8, 4) is 23.0 Å². The molecule has 0 aliphatic carbocycles. The fourth-order valence-electron chi connectivity index (χ4n) is 5.31. The van der Waals surface area contributed by atoms with Crippen LogP contribution in [0.5, 0.6) is 0 Å². The van der Waals surface area contributed by atoms with E-state index >= 15 is 0 Å². The first-order valence-corrected chi connectivity index (χ1v) is 20.1. The van der Waals surface area contributed by atoms with E-state index in [0.717, 1.165) is 18.3 Å². The zero-order valence-electron chi connectivity index (χ0n) is 30.9. The third kappa shape index (κ3) is 8.91. The molecule has 0 atom stereocenters. The number of sulfone groups is 2. The summed E-state index contributed by atoms with van der Waals surface area (Å²) in [5, 5.41) is 15.2. The molecule has 6 aromatic rings. The van der Waals surface area contributed by atoms with Crippen molar-refractivity contribution in [1.29, 1.82) is 0 Å². The van der Waals surface area contributed by atoms with Gasteiger partial charge < -0.3 is 19.2 Å². The molecule has 0 spiro atoms. The van der Waals surface area contributed by atoms with Crippen LogP contribution in [0.2, 0.25) is 0 Å². The minimum Gasteiger partial charge on any atom is -0.411 e. The first kappa shape index (κ1) is 43.1. The van der Waals surface area contributed by atoms with Crippen LogP contribution in [0.3, 0.4) is 0 Å². The van der Waals surface area contributed by atoms with Gasteiger partial charge >= 0.3 is 12.4 Å². The molecule has 6 aromatic heterocycles. The van der Waals surface area contributed by atoms with Crippen molar-refractivity contribution in [2.75, 3.05) is 18.1 Å². The Labute approximate surface area is 325 Å². The molecule has 0 bridgehead atoms. The largest absolute Gasteiger partial charge is 0.417 e. The van der Waals surface area contributed by atoms with Gasteiger partial charge in [0.05, 0.1) is 44.9 Å². The fraction of sp³-hybridized carbons (Fsp3) is 0.294. The monoisotopic (exact) mass is 854 g/mol. The highest BCUT2D eigenvalue weighted by Crippen LogP contribution is 2.34. The Bertz CT molecular complexity index is 2780. The summed E-state index contributed by atoms with van der Waals surface area (Å²) in [5.74, 6) is -0.311. The minimum atomic E-state index is -4.58. The summed E-state index contributed by atoms with van der Waals surface area (Å²) in [5.41, 5.74) is -1.08. The van der Waals surface area contributed by atoms with E-state index in [1.165, 1.54) is 67.8 Å². The molecule has 0 fully saturated rings. The third-order valence-corrected chi connectivity index (χ3v) is 11.8. The second-order valence-electron chi connectivity index (χ2n) is 12.1. The Kier molecular flexibility index (Phi) is 12.2. The van der Waals surface area contributed by atoms with Crippen molar-refractivity contribution in [1.82, 2.24) is 39.0 Å². The van der Waals surface area contributed by atoms with Crippen LogP contribution in [0.1, 0.15) is 43.0 Å². The van der Waals surface area contributed by atoms with E-state index in [2.05, 4.69) is 40.2 Å². The van der Waals surface area contributed by atoms with Gasteiger partial charge in [0.1, 0.15) is 29.0 Å². The highest BCUT2D eigenvalue weighted by Gasteiger charge is 2.33. The van der Waals surface area contributed by atoms with Crippen LogP contribution >= 0.6 is 0 Å². The van der Waals surface area contributed by atoms with Crippen molar-refractivity contribution in [3.63, 3.8) is 0 Å². The predicted molar refractivity (Wildman–Crippen MR) is 198 cm³/mol. The predicted octanol–water partition coefficient (Wildman–Crippen LogP) is 5.86. The quantitative estimate of drug-likeness (QED) is 0.0743. The van der Waals surface area contributed by atoms with Crippen molar-refractivity contribution in [2.24, 2.45) is 24.4 Å². The van der Waals surface area contributed by atoms with E-state index in [0.29, 0.717) is 24.6 Å². The number of hydrogen-bond donors (Lipinski definition) is 1. The zero-order valence-corrected chi connectivity index (χ0v) is 32.6. The number of alkyl halides is 6. The topological polar surface area (TPSA) is 210 Å². The lowest BCUT2D eigenvalue weighted by atomic mass is 10.2. The molecule has 24 heteroatoms. The number of nitrogens with zero attached hydrogens (tertiary/aromatic N) is 10. The average Bonchev–Trinajstić information content (AvgIpc) is 3.69. The number of imidazole rings is 2. The van der Waals surface area contributed by atoms with Gasteiger partial charge in [-0.3, -0.25) is 9.97 Å². The molecule has 58 heavy (non-hydrogen) atoms. The van der Waals surface area contributed by atoms with Crippen LogP contribution in [0, 0.1) is 0 Å². The Balaban J connectivity index is 0.000000221. The SMILES string of the molecule is CCON=Cc1cnc(-c2nc3cc(C(F)(F)F)cnc3n2C)c(S(=O)(=O)CC)c1.CCS(=O)(=O)c1cc(C=NO)cnc1-c1nc2cc(C(F)(F)F)cnc2n1C. The van der Waals surface area contributed by atoms with Gasteiger partial charge in [-0.25, -0.2) is 36.8 Å². The lowest BCUT2D eigenvalue weighted by Crippen LogP contribution is -2.09. The highest BCUT2D eigenvalue weighted by atomic mass is 32.2. The number of halogens is 6. The molecule has 16 nitrogen and oxygen atoms in total. The molecule has 0 aliphatic heterocycles. The van der Waals surface area contributed by atoms with Crippen molar-refractivity contribution in [3.05, 3.63) is 71.3 Å². The van der Waals surface area contributed by atoms with Crippen LogP contribution in [0.4, 0.5) is 26.3 Å². The minimum absolute atomic E-state index is 0.0134. The smallest absolute Gasteiger partial charge is 0.411 e. The first-order chi connectivity index (χ1) is 27.2. The molecule has 0 aromatic carbocycles. The summed E-state index contributed by atoms with van der Waals surface area (Å²) in [7, 11) is -4.47. The molecule has 6 heterocycles. The molecule has 6 rings (SSSR count). The molecule has 0 radical (unpaired) electrons. The second-order valence-corrected chi connectivity index (χ2v) is 16.5. The lowest BCUT2D eigenvalue weighted by Gasteiger charge is -2.09. The summed E-state index contributed by atoms with van der Waals surface area (Å²) in [6.45, 7) is 5.01. The maximum atomic E-state index is 13.0. The van der Waals surface area contributed by atoms with Gasteiger partial charge in [0.15, 0.2) is 42.6 Å². The number of aryl methyl sites for hydroxylation is 2. The Hall–Kier alpha value is -6.04. The van der Waals surface area contributed by atoms with Gasteiger partial charge in [-0.15, -0.1) is 0 Å². The van der Waals surface area contributed by atoms with E-state index in [9.17, 15) is 43.2 Å². The molecule has 308 valence electrons. The first-order valence-electron chi connectivity index (χ1n) is 16.7. The number of rotatable bonds is 10. The number of aromatic nitrogens is 8. The Morgan fingerprint density at radius 1 is 0.672 bits per heavy atom. The van der Waals surface area contributed by atoms with E-state index in [4.69, 9.17) is 10.0 Å². The molecule has 0 unspecified atom stereocenters. The van der Waals surface area contributed by atoms with Crippen molar-refractivity contribution < 1.29 is 53.2 Å². The number of hydrogen-bond acceptors (Lipinski definition) is 14. The van der Waals surface area contributed by atoms with E-state index in [1.54, 1.807) is 6.92 Å². The van der Waals surface area contributed by atoms with Gasteiger partial charge in [-0.1, -0.05) is 24.2 Å². The Morgan fingerprint density at radius 2 is 1.09 bits per heavy atom. The summed E-state index contributed by atoms with van der Waals surface area (Å²) in [4.78, 5) is 28.8. The summed E-state index contributed by atoms with van der Waals surface area (Å²) in [6.07, 6.45) is -2.80. The molecule has 0 saturated carbocycles. The second kappa shape index (κ2) is 16.4. The van der Waals surface area contributed by atoms with Crippen LogP contribution in [-0.2, 0) is 51.0 Å². The van der Waals surface area contributed by atoms with Gasteiger partial charge in [0.2, 0.25) is 0 Å². The number of fused-ring (bicyclic) bond motifs is 2. The van der Waals surface area contributed by atoms with E-state index in [-0.39, 0.29) is 72.2 Å². The fourth-order valence-corrected chi connectivity index (χ4v) is 7.44. The lowest BCUT2D eigenvalue weighted by molar-refractivity contribution is -0.138. The molecule has 0 amide bonds. The van der Waals surface area contributed by atoms with E-state index in [1.807, 2.05) is 0 Å². The summed E-state index contributed by atoms with van der Waals surface area (Å²) in [6, 6.07) is 4.34. The molecular weight excluding hydrogens is 823 g/mol. The van der Waals surface area contributed by atoms with Crippen molar-refractivity contribution in [2.45, 2.75) is 42.9 Å². The van der Waals surface area contributed by atoms with Gasteiger partial charge in [-0.2, -0.15) is 26.3 Å². The van der Waals surface area contributed by atoms with Crippen molar-refractivity contribution >= 4 is 54.4 Å². The van der Waals surface area contributed by atoms with Crippen LogP contribution < -0.4 is 0 Å². The van der Waals surface area contributed by atoms with E-state index < -0.39 is 43.2 Å². The van der Waals surface area contributed by atoms with Crippen LogP contribution in [0.25, 0.3) is 45.4 Å². The van der Waals surface area contributed by atoms with Crippen LogP contribution in [0.15, 0.2) is 69.2 Å². The summed E-state index contributed by atoms with van der Waals surface area (Å²) >= 11 is 0. The molecule has 0 aliphatic rings. The molecular formula is C34H32F6N10O6S2. The Morgan fingerprint density at radius 3 is 1.45 bits per heavy atom. The zero-order chi connectivity index (χ0) is 42.8. The van der Waals surface area contributed by atoms with Gasteiger partial charge in [-0.05, 0) is 31.2 Å². The number of oxime groups is 2.